The van der Waals surface area contributed by atoms with Gasteiger partial charge in [-0.1, -0.05) is 35.4 Å². The van der Waals surface area contributed by atoms with Crippen molar-refractivity contribution in [1.82, 2.24) is 0 Å². The van der Waals surface area contributed by atoms with E-state index in [-0.39, 0.29) is 13.0 Å². The molecule has 1 saturated heterocycles. The summed E-state index contributed by atoms with van der Waals surface area (Å²) in [6, 6.07) is 14.0. The van der Waals surface area contributed by atoms with Gasteiger partial charge in [0.2, 0.25) is 0 Å². The molecule has 0 radical (unpaired) electrons. The third kappa shape index (κ3) is 4.93. The lowest BCUT2D eigenvalue weighted by Gasteiger charge is -2.18. The topological polar surface area (TPSA) is 82.1 Å². The van der Waals surface area contributed by atoms with Crippen molar-refractivity contribution in [3.05, 3.63) is 70.8 Å². The molecular weight excluding hydrogens is 348 g/mol. The molecule has 6 heteroatoms. The second-order valence-electron chi connectivity index (χ2n) is 6.64. The number of carbonyl (C=O) groups excluding carboxylic acids is 2. The number of aliphatic hydroxyl groups is 1. The minimum Gasteiger partial charge on any atom is -0.459 e. The summed E-state index contributed by atoms with van der Waals surface area (Å²) < 4.78 is 16.1. The van der Waals surface area contributed by atoms with E-state index in [1.165, 1.54) is 0 Å². The van der Waals surface area contributed by atoms with Crippen LogP contribution in [0, 0.1) is 13.8 Å². The molecule has 142 valence electrons. The Kier molecular flexibility index (Phi) is 5.88. The van der Waals surface area contributed by atoms with Crippen LogP contribution >= 0.6 is 0 Å². The van der Waals surface area contributed by atoms with E-state index in [1.54, 1.807) is 24.3 Å². The first-order valence-corrected chi connectivity index (χ1v) is 8.77. The third-order valence-electron chi connectivity index (χ3n) is 4.39. The SMILES string of the molecule is Cc1ccc(C(=O)OC[C@@H]2OC(O)C[C@H]2OC(=O)c2ccc(C)cc2)cc1. The van der Waals surface area contributed by atoms with Gasteiger partial charge in [0.1, 0.15) is 18.8 Å². The van der Waals surface area contributed by atoms with Gasteiger partial charge in [0.25, 0.3) is 0 Å². The van der Waals surface area contributed by atoms with E-state index < -0.39 is 30.4 Å². The van der Waals surface area contributed by atoms with Crippen LogP contribution in [0.15, 0.2) is 48.5 Å². The van der Waals surface area contributed by atoms with Gasteiger partial charge in [-0.25, -0.2) is 9.59 Å². The predicted molar refractivity (Wildman–Crippen MR) is 97.3 cm³/mol. The Morgan fingerprint density at radius 3 is 2.04 bits per heavy atom. The Bertz CT molecular complexity index is 796. The highest BCUT2D eigenvalue weighted by molar-refractivity contribution is 5.90. The number of benzene rings is 2. The Morgan fingerprint density at radius 2 is 1.48 bits per heavy atom. The highest BCUT2D eigenvalue weighted by atomic mass is 16.7. The monoisotopic (exact) mass is 370 g/mol. The average molecular weight is 370 g/mol. The highest BCUT2D eigenvalue weighted by Gasteiger charge is 2.38. The summed E-state index contributed by atoms with van der Waals surface area (Å²) in [6.45, 7) is 3.74. The van der Waals surface area contributed by atoms with E-state index in [1.807, 2.05) is 38.1 Å². The summed E-state index contributed by atoms with van der Waals surface area (Å²) in [5.41, 5.74) is 2.91. The molecule has 1 N–H and O–H groups in total. The minimum atomic E-state index is -1.07. The van der Waals surface area contributed by atoms with Crippen LogP contribution in [0.3, 0.4) is 0 Å². The van der Waals surface area contributed by atoms with Crippen LogP contribution in [0.5, 0.6) is 0 Å². The average Bonchev–Trinajstić information content (AvgIpc) is 3.00. The third-order valence-corrected chi connectivity index (χ3v) is 4.39. The second kappa shape index (κ2) is 8.33. The van der Waals surface area contributed by atoms with Crippen molar-refractivity contribution in [1.29, 1.82) is 0 Å². The summed E-state index contributed by atoms with van der Waals surface area (Å²) in [5, 5.41) is 9.75. The minimum absolute atomic E-state index is 0.115. The lowest BCUT2D eigenvalue weighted by atomic mass is 10.1. The molecule has 3 rings (SSSR count). The quantitative estimate of drug-likeness (QED) is 0.815. The molecule has 3 atom stereocenters. The van der Waals surface area contributed by atoms with E-state index in [2.05, 4.69) is 0 Å². The van der Waals surface area contributed by atoms with Crippen molar-refractivity contribution in [2.75, 3.05) is 6.61 Å². The molecule has 0 spiro atoms. The van der Waals surface area contributed by atoms with Crippen LogP contribution in [0.1, 0.15) is 38.3 Å². The van der Waals surface area contributed by atoms with Gasteiger partial charge in [-0.3, -0.25) is 0 Å². The molecule has 1 unspecified atom stereocenters. The fraction of sp³-hybridized carbons (Fsp3) is 0.333. The van der Waals surface area contributed by atoms with E-state index in [9.17, 15) is 14.7 Å². The van der Waals surface area contributed by atoms with Gasteiger partial charge >= 0.3 is 11.9 Å². The van der Waals surface area contributed by atoms with Gasteiger partial charge < -0.3 is 19.3 Å². The van der Waals surface area contributed by atoms with Gasteiger partial charge in [0.05, 0.1) is 11.1 Å². The molecule has 2 aromatic carbocycles. The molecule has 0 saturated carbocycles. The van der Waals surface area contributed by atoms with Gasteiger partial charge in [-0.15, -0.1) is 0 Å². The summed E-state index contributed by atoms with van der Waals surface area (Å²) >= 11 is 0. The summed E-state index contributed by atoms with van der Waals surface area (Å²) in [4.78, 5) is 24.4. The predicted octanol–water partition coefficient (Wildman–Crippen LogP) is 2.79. The maximum atomic E-state index is 12.3. The lowest BCUT2D eigenvalue weighted by Crippen LogP contribution is -2.32. The van der Waals surface area contributed by atoms with Crippen LogP contribution in [0.25, 0.3) is 0 Å². The smallest absolute Gasteiger partial charge is 0.338 e. The number of hydrogen-bond acceptors (Lipinski definition) is 6. The van der Waals surface area contributed by atoms with E-state index >= 15 is 0 Å². The lowest BCUT2D eigenvalue weighted by molar-refractivity contribution is -0.110. The Labute approximate surface area is 157 Å². The number of rotatable bonds is 5. The fourth-order valence-electron chi connectivity index (χ4n) is 2.79. The van der Waals surface area contributed by atoms with Crippen LogP contribution in [0.4, 0.5) is 0 Å². The first-order valence-electron chi connectivity index (χ1n) is 8.77. The molecule has 0 amide bonds. The van der Waals surface area contributed by atoms with Gasteiger partial charge in [-0.05, 0) is 38.1 Å². The first-order chi connectivity index (χ1) is 12.9. The highest BCUT2D eigenvalue weighted by Crippen LogP contribution is 2.24. The van der Waals surface area contributed by atoms with E-state index in [0.717, 1.165) is 11.1 Å². The summed E-state index contributed by atoms with van der Waals surface area (Å²) in [5.74, 6) is -1.00. The molecule has 2 aromatic rings. The number of aliphatic hydroxyl groups excluding tert-OH is 1. The maximum Gasteiger partial charge on any atom is 0.338 e. The van der Waals surface area contributed by atoms with Crippen molar-refractivity contribution in [2.45, 2.75) is 38.8 Å². The van der Waals surface area contributed by atoms with Crippen molar-refractivity contribution < 1.29 is 28.9 Å². The Balaban J connectivity index is 1.58. The second-order valence-corrected chi connectivity index (χ2v) is 6.64. The summed E-state index contributed by atoms with van der Waals surface area (Å²) in [6.07, 6.45) is -2.35. The zero-order valence-electron chi connectivity index (χ0n) is 15.3. The molecule has 0 bridgehead atoms. The van der Waals surface area contributed by atoms with Crippen molar-refractivity contribution in [3.8, 4) is 0 Å². The first kappa shape index (κ1) is 19.1. The molecule has 1 fully saturated rings. The van der Waals surface area contributed by atoms with Crippen molar-refractivity contribution in [2.24, 2.45) is 0 Å². The zero-order chi connectivity index (χ0) is 19.4. The molecule has 27 heavy (non-hydrogen) atoms. The van der Waals surface area contributed by atoms with Crippen molar-refractivity contribution in [3.63, 3.8) is 0 Å². The van der Waals surface area contributed by atoms with Gasteiger partial charge in [-0.2, -0.15) is 0 Å². The normalized spacial score (nSPS) is 21.7. The standard InChI is InChI=1S/C21H22O6/c1-13-3-7-15(8-4-13)20(23)25-12-18-17(11-19(22)26-18)27-21(24)16-9-5-14(2)6-10-16/h3-10,17-19,22H,11-12H2,1-2H3/t17-,18+,19?/m1/s1. The molecule has 1 heterocycles. The zero-order valence-corrected chi connectivity index (χ0v) is 15.3. The van der Waals surface area contributed by atoms with Gasteiger partial charge in [0.15, 0.2) is 6.29 Å². The molecule has 6 nitrogen and oxygen atoms in total. The number of esters is 2. The summed E-state index contributed by atoms with van der Waals surface area (Å²) in [7, 11) is 0. The van der Waals surface area contributed by atoms with E-state index in [4.69, 9.17) is 14.2 Å². The van der Waals surface area contributed by atoms with Gasteiger partial charge in [0, 0.05) is 6.42 Å². The van der Waals surface area contributed by atoms with Crippen LogP contribution in [-0.2, 0) is 14.2 Å². The number of aryl methyl sites for hydroxylation is 2. The number of carbonyl (C=O) groups is 2. The van der Waals surface area contributed by atoms with Crippen molar-refractivity contribution >= 4 is 11.9 Å². The van der Waals surface area contributed by atoms with E-state index in [0.29, 0.717) is 11.1 Å². The van der Waals surface area contributed by atoms with Crippen LogP contribution in [-0.4, -0.2) is 42.1 Å². The molecule has 1 aliphatic heterocycles. The Morgan fingerprint density at radius 1 is 0.963 bits per heavy atom. The van der Waals surface area contributed by atoms with Crippen LogP contribution in [0.2, 0.25) is 0 Å². The molecule has 0 aromatic heterocycles. The largest absolute Gasteiger partial charge is 0.459 e. The molecular formula is C21H22O6. The van der Waals surface area contributed by atoms with Crippen LogP contribution < -0.4 is 0 Å². The number of ether oxygens (including phenoxy) is 3. The fourth-order valence-corrected chi connectivity index (χ4v) is 2.79. The Hall–Kier alpha value is -2.70. The number of hydrogen-bond donors (Lipinski definition) is 1. The maximum absolute atomic E-state index is 12.3. The molecule has 0 aliphatic carbocycles. The molecule has 1 aliphatic rings.